The number of nitrogens with zero attached hydrogens (tertiary/aromatic N) is 1. The van der Waals surface area contributed by atoms with Gasteiger partial charge in [0.2, 0.25) is 5.76 Å². The van der Waals surface area contributed by atoms with Gasteiger partial charge in [-0.25, -0.2) is 9.59 Å². The van der Waals surface area contributed by atoms with E-state index in [1.54, 1.807) is 0 Å². The maximum absolute atomic E-state index is 13.0. The third-order valence-corrected chi connectivity index (χ3v) is 5.34. The first-order valence-corrected chi connectivity index (χ1v) is 9.52. The fraction of sp³-hybridized carbons (Fsp3) is 0.600. The first-order chi connectivity index (χ1) is 13.5. The molecule has 0 bridgehead atoms. The van der Waals surface area contributed by atoms with Crippen LogP contribution < -0.4 is 5.32 Å². The molecule has 9 nitrogen and oxygen atoms in total. The maximum atomic E-state index is 13.0. The third kappa shape index (κ3) is 4.28. The second-order valence-electron chi connectivity index (χ2n) is 8.68. The van der Waals surface area contributed by atoms with Crippen molar-refractivity contribution in [2.45, 2.75) is 52.2 Å². The summed E-state index contributed by atoms with van der Waals surface area (Å²) in [5, 5.41) is 2.82. The number of furan rings is 1. The zero-order valence-corrected chi connectivity index (χ0v) is 17.1. The molecule has 1 spiro atoms. The minimum absolute atomic E-state index is 0.0105. The Kier molecular flexibility index (Phi) is 5.42. The van der Waals surface area contributed by atoms with Crippen molar-refractivity contribution in [3.05, 3.63) is 23.7 Å². The highest BCUT2D eigenvalue weighted by Gasteiger charge is 2.56. The lowest BCUT2D eigenvalue weighted by Crippen LogP contribution is -2.54. The fourth-order valence-electron chi connectivity index (χ4n) is 4.64. The van der Waals surface area contributed by atoms with Crippen molar-refractivity contribution >= 4 is 23.9 Å². The molecule has 2 aliphatic rings. The van der Waals surface area contributed by atoms with Gasteiger partial charge in [-0.2, -0.15) is 0 Å². The number of hydrogen-bond acceptors (Lipinski definition) is 7. The summed E-state index contributed by atoms with van der Waals surface area (Å²) in [6, 6.07) is 2.30. The predicted octanol–water partition coefficient (Wildman–Crippen LogP) is 2.25. The molecule has 2 atom stereocenters. The Hall–Kier alpha value is -2.84. The summed E-state index contributed by atoms with van der Waals surface area (Å²) in [5.74, 6) is -1.26. The lowest BCUT2D eigenvalue weighted by molar-refractivity contribution is -0.150. The van der Waals surface area contributed by atoms with Crippen LogP contribution in [0.1, 0.15) is 56.3 Å². The molecule has 3 rings (SSSR count). The van der Waals surface area contributed by atoms with E-state index < -0.39 is 30.1 Å². The molecule has 1 aromatic rings. The number of urea groups is 1. The van der Waals surface area contributed by atoms with Crippen molar-refractivity contribution in [1.82, 2.24) is 10.2 Å². The number of esters is 2. The lowest BCUT2D eigenvalue weighted by atomic mass is 9.64. The van der Waals surface area contributed by atoms with E-state index in [9.17, 15) is 19.2 Å². The number of hydrogen-bond donors (Lipinski definition) is 1. The summed E-state index contributed by atoms with van der Waals surface area (Å²) >= 11 is 0. The molecule has 1 aromatic heterocycles. The van der Waals surface area contributed by atoms with E-state index >= 15 is 0 Å². The average Bonchev–Trinajstić information content (AvgIpc) is 3.17. The van der Waals surface area contributed by atoms with Crippen LogP contribution in [0.15, 0.2) is 16.5 Å². The summed E-state index contributed by atoms with van der Waals surface area (Å²) in [6.07, 6.45) is 2.05. The van der Waals surface area contributed by atoms with Gasteiger partial charge in [0.25, 0.3) is 5.91 Å². The Morgan fingerprint density at radius 1 is 1.28 bits per heavy atom. The molecule has 0 unspecified atom stereocenters. The summed E-state index contributed by atoms with van der Waals surface area (Å²) < 4.78 is 14.8. The Morgan fingerprint density at radius 2 is 2.00 bits per heavy atom. The van der Waals surface area contributed by atoms with Crippen LogP contribution in [-0.2, 0) is 25.7 Å². The highest BCUT2D eigenvalue weighted by atomic mass is 16.6. The molecule has 29 heavy (non-hydrogen) atoms. The van der Waals surface area contributed by atoms with Gasteiger partial charge in [-0.15, -0.1) is 0 Å². The first kappa shape index (κ1) is 20.9. The smallest absolute Gasteiger partial charge is 0.373 e. The maximum Gasteiger partial charge on any atom is 0.373 e. The first-order valence-electron chi connectivity index (χ1n) is 9.52. The van der Waals surface area contributed by atoms with Gasteiger partial charge in [-0.3, -0.25) is 14.5 Å². The van der Waals surface area contributed by atoms with E-state index in [4.69, 9.17) is 9.15 Å². The molecule has 2 fully saturated rings. The van der Waals surface area contributed by atoms with Crippen LogP contribution in [0.3, 0.4) is 0 Å². The van der Waals surface area contributed by atoms with Crippen LogP contribution in [0.5, 0.6) is 0 Å². The SMILES string of the molecule is COC(=O)c1ccc(COC(=O)CN2C(=O)N[C@]3(C[C@@H](C)CC(C)(C)C3)C2=O)o1. The van der Waals surface area contributed by atoms with Gasteiger partial charge in [0.1, 0.15) is 24.5 Å². The minimum atomic E-state index is -0.963. The summed E-state index contributed by atoms with van der Waals surface area (Å²) in [5.41, 5.74) is -1.05. The second kappa shape index (κ2) is 7.53. The number of imide groups is 1. The molecule has 1 saturated heterocycles. The van der Waals surface area contributed by atoms with Gasteiger partial charge in [0.15, 0.2) is 0 Å². The van der Waals surface area contributed by atoms with Crippen LogP contribution in [-0.4, -0.2) is 48.0 Å². The lowest BCUT2D eigenvalue weighted by Gasteiger charge is -2.43. The van der Waals surface area contributed by atoms with E-state index in [0.29, 0.717) is 12.8 Å². The Morgan fingerprint density at radius 3 is 2.66 bits per heavy atom. The zero-order chi connectivity index (χ0) is 21.4. The summed E-state index contributed by atoms with van der Waals surface area (Å²) in [6.45, 7) is 5.50. The van der Waals surface area contributed by atoms with Gasteiger partial charge >= 0.3 is 18.0 Å². The van der Waals surface area contributed by atoms with E-state index in [2.05, 4.69) is 30.8 Å². The number of ether oxygens (including phenoxy) is 2. The quantitative estimate of drug-likeness (QED) is 0.589. The topological polar surface area (TPSA) is 115 Å². The molecule has 1 aliphatic carbocycles. The molecule has 1 saturated carbocycles. The van der Waals surface area contributed by atoms with Crippen LogP contribution in [0.2, 0.25) is 0 Å². The largest absolute Gasteiger partial charge is 0.463 e. The van der Waals surface area contributed by atoms with E-state index in [0.717, 1.165) is 11.3 Å². The Labute approximate surface area is 168 Å². The van der Waals surface area contributed by atoms with Gasteiger partial charge in [-0.05, 0) is 42.7 Å². The van der Waals surface area contributed by atoms with Crippen LogP contribution in [0.25, 0.3) is 0 Å². The third-order valence-electron chi connectivity index (χ3n) is 5.34. The van der Waals surface area contributed by atoms with Crippen LogP contribution in [0.4, 0.5) is 4.79 Å². The number of nitrogens with one attached hydrogen (secondary N) is 1. The van der Waals surface area contributed by atoms with Crippen molar-refractivity contribution in [3.63, 3.8) is 0 Å². The fourth-order valence-corrected chi connectivity index (χ4v) is 4.64. The number of carbonyl (C=O) groups excluding carboxylic acids is 4. The van der Waals surface area contributed by atoms with E-state index in [1.807, 2.05) is 0 Å². The van der Waals surface area contributed by atoms with Gasteiger partial charge in [-0.1, -0.05) is 20.8 Å². The number of carbonyl (C=O) groups is 4. The van der Waals surface area contributed by atoms with Crippen LogP contribution in [0, 0.1) is 11.3 Å². The van der Waals surface area contributed by atoms with Gasteiger partial charge < -0.3 is 19.2 Å². The molecule has 1 aliphatic heterocycles. The molecular formula is C20H26N2O7. The Balaban J connectivity index is 1.60. The van der Waals surface area contributed by atoms with Crippen LogP contribution >= 0.6 is 0 Å². The molecule has 1 N–H and O–H groups in total. The molecule has 0 radical (unpaired) electrons. The van der Waals surface area contributed by atoms with Crippen molar-refractivity contribution in [2.24, 2.45) is 11.3 Å². The molecule has 2 heterocycles. The average molecular weight is 406 g/mol. The zero-order valence-electron chi connectivity index (χ0n) is 17.1. The van der Waals surface area contributed by atoms with Gasteiger partial charge in [0.05, 0.1) is 7.11 Å². The highest BCUT2D eigenvalue weighted by Crippen LogP contribution is 2.46. The predicted molar refractivity (Wildman–Crippen MR) is 99.6 cm³/mol. The molecule has 9 heteroatoms. The van der Waals surface area contributed by atoms with Crippen molar-refractivity contribution in [2.75, 3.05) is 13.7 Å². The summed E-state index contributed by atoms with van der Waals surface area (Å²) in [7, 11) is 1.23. The Bertz CT molecular complexity index is 844. The number of amides is 3. The van der Waals surface area contributed by atoms with Crippen molar-refractivity contribution in [3.8, 4) is 0 Å². The number of methoxy groups -OCH3 is 1. The second-order valence-corrected chi connectivity index (χ2v) is 8.68. The monoisotopic (exact) mass is 406 g/mol. The van der Waals surface area contributed by atoms with Crippen molar-refractivity contribution in [1.29, 1.82) is 0 Å². The van der Waals surface area contributed by atoms with Gasteiger partial charge in [0, 0.05) is 0 Å². The molecule has 0 aromatic carbocycles. The molecule has 3 amide bonds. The van der Waals surface area contributed by atoms with E-state index in [1.165, 1.54) is 19.2 Å². The minimum Gasteiger partial charge on any atom is -0.463 e. The highest BCUT2D eigenvalue weighted by molar-refractivity contribution is 6.08. The standard InChI is InChI=1S/C20H26N2O7/c1-12-7-19(2,3)11-20(8-12)17(25)22(18(26)21-20)9-15(23)28-10-13-5-6-14(29-13)16(24)27-4/h5-6,12H,7-11H2,1-4H3,(H,21,26)/t12-,20-/m0/s1. The van der Waals surface area contributed by atoms with Crippen molar-refractivity contribution < 1.29 is 33.1 Å². The normalized spacial score (nSPS) is 25.8. The summed E-state index contributed by atoms with van der Waals surface area (Å²) in [4.78, 5) is 49.9. The number of rotatable bonds is 5. The van der Waals surface area contributed by atoms with E-state index in [-0.39, 0.29) is 35.4 Å². The molecular weight excluding hydrogens is 380 g/mol. The molecule has 158 valence electrons.